The summed E-state index contributed by atoms with van der Waals surface area (Å²) in [5, 5.41) is 3.97. The molecule has 2 aromatic heterocycles. The van der Waals surface area contributed by atoms with Crippen molar-refractivity contribution < 1.29 is 12.8 Å². The van der Waals surface area contributed by atoms with E-state index in [0.29, 0.717) is 5.82 Å². The maximum atomic E-state index is 13.1. The van der Waals surface area contributed by atoms with E-state index in [9.17, 15) is 12.8 Å². The SMILES string of the molecule is O=S(=O)(Nc1cccc(F)c1)c1cnn(-c2ccccn2)c1. The third-order valence-corrected chi connectivity index (χ3v) is 4.17. The molecule has 1 aromatic carbocycles. The number of hydrogen-bond acceptors (Lipinski definition) is 4. The summed E-state index contributed by atoms with van der Waals surface area (Å²) in [7, 11) is -3.85. The topological polar surface area (TPSA) is 76.9 Å². The van der Waals surface area contributed by atoms with Crippen molar-refractivity contribution in [2.75, 3.05) is 4.72 Å². The lowest BCUT2D eigenvalue weighted by molar-refractivity contribution is 0.601. The Kier molecular flexibility index (Phi) is 3.60. The lowest BCUT2D eigenvalue weighted by Crippen LogP contribution is -2.12. The first-order valence-electron chi connectivity index (χ1n) is 6.29. The van der Waals surface area contributed by atoms with Gasteiger partial charge in [-0.2, -0.15) is 5.10 Å². The van der Waals surface area contributed by atoms with E-state index in [1.807, 2.05) is 0 Å². The number of halogens is 1. The smallest absolute Gasteiger partial charge is 0.265 e. The van der Waals surface area contributed by atoms with Gasteiger partial charge in [0.25, 0.3) is 10.0 Å². The van der Waals surface area contributed by atoms with Crippen molar-refractivity contribution >= 4 is 15.7 Å². The largest absolute Gasteiger partial charge is 0.279 e. The van der Waals surface area contributed by atoms with Crippen molar-refractivity contribution in [2.24, 2.45) is 0 Å². The van der Waals surface area contributed by atoms with Gasteiger partial charge in [-0.05, 0) is 30.3 Å². The fraction of sp³-hybridized carbons (Fsp3) is 0. The van der Waals surface area contributed by atoms with Gasteiger partial charge in [-0.25, -0.2) is 22.5 Å². The van der Waals surface area contributed by atoms with Crippen LogP contribution < -0.4 is 4.72 Å². The van der Waals surface area contributed by atoms with Crippen molar-refractivity contribution in [3.63, 3.8) is 0 Å². The van der Waals surface area contributed by atoms with Crippen LogP contribution in [0.3, 0.4) is 0 Å². The van der Waals surface area contributed by atoms with Gasteiger partial charge < -0.3 is 0 Å². The second-order valence-electron chi connectivity index (χ2n) is 4.42. The molecule has 0 aliphatic heterocycles. The molecule has 0 saturated heterocycles. The maximum absolute atomic E-state index is 13.1. The molecule has 2 heterocycles. The van der Waals surface area contributed by atoms with Gasteiger partial charge in [-0.1, -0.05) is 12.1 Å². The molecule has 8 heteroatoms. The summed E-state index contributed by atoms with van der Waals surface area (Å²) in [4.78, 5) is 4.04. The summed E-state index contributed by atoms with van der Waals surface area (Å²) in [5.74, 6) is -0.0286. The van der Waals surface area contributed by atoms with Crippen molar-refractivity contribution in [1.82, 2.24) is 14.8 Å². The van der Waals surface area contributed by atoms with Crippen LogP contribution in [0.1, 0.15) is 0 Å². The highest BCUT2D eigenvalue weighted by molar-refractivity contribution is 7.92. The highest BCUT2D eigenvalue weighted by atomic mass is 32.2. The van der Waals surface area contributed by atoms with Crippen molar-refractivity contribution in [1.29, 1.82) is 0 Å². The van der Waals surface area contributed by atoms with E-state index < -0.39 is 15.8 Å². The number of anilines is 1. The van der Waals surface area contributed by atoms with E-state index in [0.717, 1.165) is 6.07 Å². The summed E-state index contributed by atoms with van der Waals surface area (Å²) in [5.41, 5.74) is 0.144. The van der Waals surface area contributed by atoms with Crippen LogP contribution in [0, 0.1) is 5.82 Å². The maximum Gasteiger partial charge on any atom is 0.265 e. The molecule has 22 heavy (non-hydrogen) atoms. The number of hydrogen-bond donors (Lipinski definition) is 1. The number of rotatable bonds is 4. The monoisotopic (exact) mass is 318 g/mol. The standard InChI is InChI=1S/C14H11FN4O2S/c15-11-4-3-5-12(8-11)18-22(20,21)13-9-17-19(10-13)14-6-1-2-7-16-14/h1-10,18H. The van der Waals surface area contributed by atoms with Crippen molar-refractivity contribution in [2.45, 2.75) is 4.90 Å². The lowest BCUT2D eigenvalue weighted by Gasteiger charge is -2.05. The molecule has 112 valence electrons. The summed E-state index contributed by atoms with van der Waals surface area (Å²) in [6, 6.07) is 10.4. The van der Waals surface area contributed by atoms with E-state index in [-0.39, 0.29) is 10.6 Å². The Labute approximate surface area is 126 Å². The predicted octanol–water partition coefficient (Wildman–Crippen LogP) is 2.21. The van der Waals surface area contributed by atoms with E-state index in [2.05, 4.69) is 14.8 Å². The average Bonchev–Trinajstić information content (AvgIpc) is 2.98. The zero-order chi connectivity index (χ0) is 15.6. The van der Waals surface area contributed by atoms with Gasteiger partial charge in [-0.3, -0.25) is 4.72 Å². The minimum absolute atomic E-state index is 0.0394. The Bertz CT molecular complexity index is 894. The third-order valence-electron chi connectivity index (χ3n) is 2.83. The molecule has 0 bridgehead atoms. The van der Waals surface area contributed by atoms with Crippen LogP contribution in [-0.2, 0) is 10.0 Å². The minimum atomic E-state index is -3.85. The normalized spacial score (nSPS) is 11.3. The van der Waals surface area contributed by atoms with E-state index in [4.69, 9.17) is 0 Å². The Morgan fingerprint density at radius 3 is 2.73 bits per heavy atom. The van der Waals surface area contributed by atoms with Crippen LogP contribution in [0.5, 0.6) is 0 Å². The first-order chi connectivity index (χ1) is 10.5. The number of sulfonamides is 1. The number of pyridine rings is 1. The average molecular weight is 318 g/mol. The Morgan fingerprint density at radius 1 is 1.14 bits per heavy atom. The summed E-state index contributed by atoms with van der Waals surface area (Å²) in [6.45, 7) is 0. The first kappa shape index (κ1) is 14.2. The number of nitrogens with one attached hydrogen (secondary N) is 1. The fourth-order valence-electron chi connectivity index (χ4n) is 1.83. The van der Waals surface area contributed by atoms with Gasteiger partial charge in [0.05, 0.1) is 18.1 Å². The van der Waals surface area contributed by atoms with Crippen LogP contribution in [0.4, 0.5) is 10.1 Å². The van der Waals surface area contributed by atoms with Crippen LogP contribution in [0.15, 0.2) is 66.0 Å². The molecule has 0 fully saturated rings. The molecule has 0 amide bonds. The zero-order valence-electron chi connectivity index (χ0n) is 11.2. The summed E-state index contributed by atoms with van der Waals surface area (Å²) in [6.07, 6.45) is 4.12. The molecule has 0 radical (unpaired) electrons. The fourth-order valence-corrected chi connectivity index (χ4v) is 2.81. The molecule has 6 nitrogen and oxygen atoms in total. The van der Waals surface area contributed by atoms with Crippen LogP contribution in [0.25, 0.3) is 5.82 Å². The molecule has 0 aliphatic carbocycles. The van der Waals surface area contributed by atoms with Crippen LogP contribution in [0.2, 0.25) is 0 Å². The number of benzene rings is 1. The first-order valence-corrected chi connectivity index (χ1v) is 7.77. The van der Waals surface area contributed by atoms with E-state index in [1.165, 1.54) is 35.3 Å². The molecular weight excluding hydrogens is 307 g/mol. The Hall–Kier alpha value is -2.74. The number of aromatic nitrogens is 3. The second-order valence-corrected chi connectivity index (χ2v) is 6.11. The van der Waals surface area contributed by atoms with Crippen LogP contribution in [-0.4, -0.2) is 23.2 Å². The van der Waals surface area contributed by atoms with E-state index in [1.54, 1.807) is 24.4 Å². The van der Waals surface area contributed by atoms with Crippen molar-refractivity contribution in [3.8, 4) is 5.82 Å². The lowest BCUT2D eigenvalue weighted by atomic mass is 10.3. The molecule has 0 aliphatic rings. The van der Waals surface area contributed by atoms with Gasteiger partial charge in [0, 0.05) is 6.20 Å². The highest BCUT2D eigenvalue weighted by Crippen LogP contribution is 2.17. The summed E-state index contributed by atoms with van der Waals surface area (Å²) < 4.78 is 41.3. The molecule has 0 unspecified atom stereocenters. The highest BCUT2D eigenvalue weighted by Gasteiger charge is 2.17. The van der Waals surface area contributed by atoms with Gasteiger partial charge in [0.15, 0.2) is 5.82 Å². The Balaban J connectivity index is 1.89. The molecule has 0 saturated carbocycles. The summed E-state index contributed by atoms with van der Waals surface area (Å²) >= 11 is 0. The van der Waals surface area contributed by atoms with Crippen LogP contribution >= 0.6 is 0 Å². The van der Waals surface area contributed by atoms with Crippen molar-refractivity contribution in [3.05, 3.63) is 66.9 Å². The van der Waals surface area contributed by atoms with Gasteiger partial charge >= 0.3 is 0 Å². The zero-order valence-corrected chi connectivity index (χ0v) is 12.0. The van der Waals surface area contributed by atoms with Gasteiger partial charge in [0.1, 0.15) is 10.7 Å². The second kappa shape index (κ2) is 5.57. The van der Waals surface area contributed by atoms with Gasteiger partial charge in [-0.15, -0.1) is 0 Å². The molecule has 0 atom stereocenters. The number of nitrogens with zero attached hydrogens (tertiary/aromatic N) is 3. The Morgan fingerprint density at radius 2 is 2.00 bits per heavy atom. The molecular formula is C14H11FN4O2S. The minimum Gasteiger partial charge on any atom is -0.279 e. The molecule has 1 N–H and O–H groups in total. The van der Waals surface area contributed by atoms with E-state index >= 15 is 0 Å². The molecule has 0 spiro atoms. The quantitative estimate of drug-likeness (QED) is 0.800. The predicted molar refractivity (Wildman–Crippen MR) is 78.6 cm³/mol. The molecule has 3 aromatic rings. The van der Waals surface area contributed by atoms with Gasteiger partial charge in [0.2, 0.25) is 0 Å². The molecule has 3 rings (SSSR count). The third kappa shape index (κ3) is 2.96.